The van der Waals surface area contributed by atoms with Crippen molar-refractivity contribution in [2.45, 2.75) is 19.1 Å². The van der Waals surface area contributed by atoms with Crippen LogP contribution in [0.5, 0.6) is 0 Å². The molecule has 1 N–H and O–H groups in total. The predicted molar refractivity (Wildman–Crippen MR) is 66.2 cm³/mol. The van der Waals surface area contributed by atoms with Crippen molar-refractivity contribution < 1.29 is 23.1 Å². The molecule has 0 aliphatic rings. The third-order valence-corrected chi connectivity index (χ3v) is 3.92. The lowest BCUT2D eigenvalue weighted by molar-refractivity contribution is -0.116. The van der Waals surface area contributed by atoms with E-state index in [0.717, 1.165) is 0 Å². The second-order valence-corrected chi connectivity index (χ2v) is 6.23. The van der Waals surface area contributed by atoms with Gasteiger partial charge < -0.3 is 5.11 Å². The fraction of sp³-hybridized carbons (Fsp3) is 0.333. The van der Waals surface area contributed by atoms with Gasteiger partial charge in [0.15, 0.2) is 9.84 Å². The van der Waals surface area contributed by atoms with E-state index < -0.39 is 15.8 Å². The minimum atomic E-state index is -3.39. The van der Waals surface area contributed by atoms with Crippen molar-refractivity contribution in [3.63, 3.8) is 0 Å². The molecule has 0 atom stereocenters. The maximum atomic E-state index is 11.7. The lowest BCUT2D eigenvalue weighted by atomic mass is 10.1. The highest BCUT2D eigenvalue weighted by Gasteiger charge is 2.14. The average molecular weight is 270 g/mol. The number of carbonyl (C=O) groups is 2. The van der Waals surface area contributed by atoms with E-state index in [4.69, 9.17) is 5.11 Å². The van der Waals surface area contributed by atoms with Crippen LogP contribution < -0.4 is 0 Å². The van der Waals surface area contributed by atoms with Gasteiger partial charge in [-0.15, -0.1) is 0 Å². The van der Waals surface area contributed by atoms with Crippen molar-refractivity contribution >= 4 is 21.6 Å². The Labute approximate surface area is 105 Å². The lowest BCUT2D eigenvalue weighted by Gasteiger charge is -2.04. The first-order valence-electron chi connectivity index (χ1n) is 5.32. The van der Waals surface area contributed by atoms with Crippen LogP contribution in [0, 0.1) is 0 Å². The smallest absolute Gasteiger partial charge is 0.335 e. The first-order valence-corrected chi connectivity index (χ1v) is 7.14. The summed E-state index contributed by atoms with van der Waals surface area (Å²) in [5, 5.41) is 8.79. The molecule has 98 valence electrons. The molecule has 1 aromatic carbocycles. The topological polar surface area (TPSA) is 88.5 Å². The molecule has 0 unspecified atom stereocenters. The number of hydrogen-bond acceptors (Lipinski definition) is 4. The van der Waals surface area contributed by atoms with E-state index in [1.54, 1.807) is 6.07 Å². The Balaban J connectivity index is 2.81. The number of ketones is 1. The molecular formula is C12H14O5S. The number of aromatic carboxylic acids is 1. The maximum absolute atomic E-state index is 11.7. The van der Waals surface area contributed by atoms with Gasteiger partial charge in [-0.25, -0.2) is 13.2 Å². The van der Waals surface area contributed by atoms with E-state index >= 15 is 0 Å². The second kappa shape index (κ2) is 5.77. The second-order valence-electron chi connectivity index (χ2n) is 4.05. The molecule has 6 heteroatoms. The molecule has 0 radical (unpaired) electrons. The van der Waals surface area contributed by atoms with Crippen molar-refractivity contribution in [3.05, 3.63) is 35.4 Å². The maximum Gasteiger partial charge on any atom is 0.335 e. The van der Waals surface area contributed by atoms with Crippen LogP contribution in [0.15, 0.2) is 24.3 Å². The van der Waals surface area contributed by atoms with Crippen LogP contribution in [0.1, 0.15) is 29.3 Å². The summed E-state index contributed by atoms with van der Waals surface area (Å²) in [5.74, 6) is -1.74. The summed E-state index contributed by atoms with van der Waals surface area (Å²) >= 11 is 0. The first-order chi connectivity index (χ1) is 8.30. The molecule has 0 heterocycles. The van der Waals surface area contributed by atoms with Crippen molar-refractivity contribution in [1.82, 2.24) is 0 Å². The average Bonchev–Trinajstić information content (AvgIpc) is 2.26. The summed E-state index contributed by atoms with van der Waals surface area (Å²) in [5.41, 5.74) is 0.465. The van der Waals surface area contributed by atoms with Crippen molar-refractivity contribution in [2.75, 3.05) is 5.75 Å². The summed E-state index contributed by atoms with van der Waals surface area (Å²) < 4.78 is 23.4. The fourth-order valence-electron chi connectivity index (χ4n) is 1.42. The Kier molecular flexibility index (Phi) is 4.61. The number of benzene rings is 1. The van der Waals surface area contributed by atoms with Gasteiger partial charge in [-0.05, 0) is 24.6 Å². The lowest BCUT2D eigenvalue weighted by Crippen LogP contribution is -2.12. The Morgan fingerprint density at radius 1 is 1.28 bits per heavy atom. The monoisotopic (exact) mass is 270 g/mol. The molecule has 0 saturated heterocycles. The number of sulfone groups is 1. The number of Topliss-reactive ketones (excluding diaryl/α,β-unsaturated/α-hetero) is 1. The minimum Gasteiger partial charge on any atom is -0.478 e. The predicted octanol–water partition coefficient (Wildman–Crippen LogP) is 1.28. The van der Waals surface area contributed by atoms with Crippen LogP contribution in [-0.2, 0) is 20.4 Å². The highest BCUT2D eigenvalue weighted by Crippen LogP contribution is 2.10. The van der Waals surface area contributed by atoms with Crippen molar-refractivity contribution in [2.24, 2.45) is 0 Å². The molecule has 5 nitrogen and oxygen atoms in total. The highest BCUT2D eigenvalue weighted by atomic mass is 32.2. The summed E-state index contributed by atoms with van der Waals surface area (Å²) in [6.07, 6.45) is -0.0129. The molecule has 0 saturated carbocycles. The molecule has 0 aliphatic carbocycles. The van der Waals surface area contributed by atoms with E-state index in [-0.39, 0.29) is 29.3 Å². The van der Waals surface area contributed by atoms with Crippen LogP contribution in [0.25, 0.3) is 0 Å². The van der Waals surface area contributed by atoms with Gasteiger partial charge in [0.05, 0.1) is 17.1 Å². The summed E-state index contributed by atoms with van der Waals surface area (Å²) in [4.78, 5) is 21.5. The standard InChI is InChI=1S/C12H14O5S/c1-9(13)5-6-18(16,17)8-10-3-2-4-11(7-10)12(14)15/h2-4,7H,5-6,8H2,1H3,(H,14,15). The first kappa shape index (κ1) is 14.4. The molecule has 0 aromatic heterocycles. The molecule has 0 fully saturated rings. The Bertz CT molecular complexity index is 560. The fourth-order valence-corrected chi connectivity index (χ4v) is 2.85. The van der Waals surface area contributed by atoms with Gasteiger partial charge in [0.25, 0.3) is 0 Å². The van der Waals surface area contributed by atoms with Gasteiger partial charge in [0, 0.05) is 6.42 Å². The molecule has 0 spiro atoms. The highest BCUT2D eigenvalue weighted by molar-refractivity contribution is 7.90. The van der Waals surface area contributed by atoms with Crippen LogP contribution in [-0.4, -0.2) is 31.0 Å². The van der Waals surface area contributed by atoms with E-state index in [1.807, 2.05) is 0 Å². The Hall–Kier alpha value is -1.69. The largest absolute Gasteiger partial charge is 0.478 e. The SMILES string of the molecule is CC(=O)CCS(=O)(=O)Cc1cccc(C(=O)O)c1. The molecule has 0 amide bonds. The van der Waals surface area contributed by atoms with E-state index in [9.17, 15) is 18.0 Å². The van der Waals surface area contributed by atoms with Gasteiger partial charge >= 0.3 is 5.97 Å². The van der Waals surface area contributed by atoms with Gasteiger partial charge in [-0.1, -0.05) is 12.1 Å². The number of carbonyl (C=O) groups excluding carboxylic acids is 1. The summed E-state index contributed by atoms with van der Waals surface area (Å²) in [7, 11) is -3.39. The molecule has 0 bridgehead atoms. The van der Waals surface area contributed by atoms with Crippen LogP contribution in [0.4, 0.5) is 0 Å². The van der Waals surface area contributed by atoms with Gasteiger partial charge in [-0.3, -0.25) is 4.79 Å². The third-order valence-electron chi connectivity index (χ3n) is 2.33. The zero-order valence-electron chi connectivity index (χ0n) is 9.92. The van der Waals surface area contributed by atoms with Gasteiger partial charge in [-0.2, -0.15) is 0 Å². The number of hydrogen-bond donors (Lipinski definition) is 1. The molecule has 0 aliphatic heterocycles. The molecule has 18 heavy (non-hydrogen) atoms. The van der Waals surface area contributed by atoms with Crippen LogP contribution >= 0.6 is 0 Å². The van der Waals surface area contributed by atoms with Crippen LogP contribution in [0.3, 0.4) is 0 Å². The summed E-state index contributed by atoms with van der Waals surface area (Å²) in [6.45, 7) is 1.33. The quantitative estimate of drug-likeness (QED) is 0.841. The molecule has 1 aromatic rings. The zero-order chi connectivity index (χ0) is 13.8. The number of carboxylic acid groups (broad SMARTS) is 1. The van der Waals surface area contributed by atoms with Crippen molar-refractivity contribution in [1.29, 1.82) is 0 Å². The normalized spacial score (nSPS) is 11.2. The van der Waals surface area contributed by atoms with E-state index in [1.165, 1.54) is 25.1 Å². The van der Waals surface area contributed by atoms with Gasteiger partial charge in [0.2, 0.25) is 0 Å². The number of rotatable bonds is 6. The minimum absolute atomic E-state index is 0.0129. The van der Waals surface area contributed by atoms with E-state index in [0.29, 0.717) is 5.56 Å². The van der Waals surface area contributed by atoms with Crippen molar-refractivity contribution in [3.8, 4) is 0 Å². The van der Waals surface area contributed by atoms with E-state index in [2.05, 4.69) is 0 Å². The summed E-state index contributed by atoms with van der Waals surface area (Å²) in [6, 6.07) is 5.78. The molecular weight excluding hydrogens is 256 g/mol. The Morgan fingerprint density at radius 2 is 1.94 bits per heavy atom. The third kappa shape index (κ3) is 4.67. The zero-order valence-corrected chi connectivity index (χ0v) is 10.7. The van der Waals surface area contributed by atoms with Gasteiger partial charge in [0.1, 0.15) is 5.78 Å². The van der Waals surface area contributed by atoms with Crippen LogP contribution in [0.2, 0.25) is 0 Å². The Morgan fingerprint density at radius 3 is 2.50 bits per heavy atom. The number of carboxylic acids is 1. The molecule has 1 rings (SSSR count).